The van der Waals surface area contributed by atoms with E-state index in [1.807, 2.05) is 23.6 Å². The zero-order valence-electron chi connectivity index (χ0n) is 12.7. The summed E-state index contributed by atoms with van der Waals surface area (Å²) in [7, 11) is 1.45. The Morgan fingerprint density at radius 1 is 1.29 bits per heavy atom. The predicted molar refractivity (Wildman–Crippen MR) is 89.3 cm³/mol. The molecule has 0 radical (unpaired) electrons. The van der Waals surface area contributed by atoms with Crippen LogP contribution in [0.1, 0.15) is 5.69 Å². The molecule has 0 aliphatic heterocycles. The summed E-state index contributed by atoms with van der Waals surface area (Å²) in [6, 6.07) is 10.1. The Balaban J connectivity index is 1.75. The van der Waals surface area contributed by atoms with Gasteiger partial charge in [0.25, 0.3) is 0 Å². The van der Waals surface area contributed by atoms with Gasteiger partial charge in [-0.3, -0.25) is 15.1 Å². The van der Waals surface area contributed by atoms with E-state index in [1.165, 1.54) is 30.6 Å². The van der Waals surface area contributed by atoms with E-state index in [4.69, 9.17) is 9.47 Å². The SMILES string of the molecule is COc1ccc(OCc2csc(-c3ccccn3)n2)c([N+](=O)[O-])c1. The van der Waals surface area contributed by atoms with Crippen LogP contribution in [0.2, 0.25) is 0 Å². The van der Waals surface area contributed by atoms with Gasteiger partial charge in [0.15, 0.2) is 5.75 Å². The van der Waals surface area contributed by atoms with Crippen molar-refractivity contribution >= 4 is 17.0 Å². The maximum atomic E-state index is 11.1. The molecule has 2 aromatic heterocycles. The van der Waals surface area contributed by atoms with Gasteiger partial charge in [0.05, 0.1) is 29.5 Å². The molecule has 0 aliphatic rings. The molecule has 0 bridgehead atoms. The summed E-state index contributed by atoms with van der Waals surface area (Å²) in [5.74, 6) is 0.577. The number of nitro groups is 1. The van der Waals surface area contributed by atoms with Gasteiger partial charge in [-0.15, -0.1) is 11.3 Å². The maximum Gasteiger partial charge on any atom is 0.314 e. The van der Waals surface area contributed by atoms with Crippen LogP contribution < -0.4 is 9.47 Å². The predicted octanol–water partition coefficient (Wildman–Crippen LogP) is 3.70. The molecule has 0 fully saturated rings. The number of benzene rings is 1. The summed E-state index contributed by atoms with van der Waals surface area (Å²) in [5, 5.41) is 13.8. The minimum Gasteiger partial charge on any atom is -0.496 e. The highest BCUT2D eigenvalue weighted by molar-refractivity contribution is 7.13. The summed E-state index contributed by atoms with van der Waals surface area (Å²) < 4.78 is 10.6. The highest BCUT2D eigenvalue weighted by Crippen LogP contribution is 2.32. The van der Waals surface area contributed by atoms with E-state index in [0.717, 1.165) is 10.7 Å². The topological polar surface area (TPSA) is 87.4 Å². The molecule has 0 N–H and O–H groups in total. The van der Waals surface area contributed by atoms with Crippen LogP contribution in [0.4, 0.5) is 5.69 Å². The van der Waals surface area contributed by atoms with E-state index in [0.29, 0.717) is 11.4 Å². The van der Waals surface area contributed by atoms with Crippen LogP contribution in [0.3, 0.4) is 0 Å². The van der Waals surface area contributed by atoms with Crippen LogP contribution in [0, 0.1) is 10.1 Å². The van der Waals surface area contributed by atoms with Crippen LogP contribution in [0.15, 0.2) is 48.0 Å². The van der Waals surface area contributed by atoms with Gasteiger partial charge in [-0.2, -0.15) is 0 Å². The number of pyridine rings is 1. The van der Waals surface area contributed by atoms with Crippen molar-refractivity contribution in [2.24, 2.45) is 0 Å². The number of ether oxygens (including phenoxy) is 2. The number of nitrogens with zero attached hydrogens (tertiary/aromatic N) is 3. The first-order valence-corrected chi connectivity index (χ1v) is 7.86. The van der Waals surface area contributed by atoms with Crippen molar-refractivity contribution in [3.05, 3.63) is 63.8 Å². The molecule has 3 rings (SSSR count). The van der Waals surface area contributed by atoms with Gasteiger partial charge in [-0.1, -0.05) is 6.07 Å². The third-order valence-corrected chi connectivity index (χ3v) is 4.09. The van der Waals surface area contributed by atoms with Crippen molar-refractivity contribution in [2.75, 3.05) is 7.11 Å². The number of nitro benzene ring substituents is 1. The largest absolute Gasteiger partial charge is 0.496 e. The highest BCUT2D eigenvalue weighted by atomic mass is 32.1. The molecule has 0 aliphatic carbocycles. The first kappa shape index (κ1) is 15.9. The smallest absolute Gasteiger partial charge is 0.314 e. The molecular weight excluding hydrogens is 330 g/mol. The first-order valence-electron chi connectivity index (χ1n) is 6.98. The fourth-order valence-corrected chi connectivity index (χ4v) is 2.80. The van der Waals surface area contributed by atoms with E-state index < -0.39 is 4.92 Å². The molecule has 122 valence electrons. The maximum absolute atomic E-state index is 11.1. The summed E-state index contributed by atoms with van der Waals surface area (Å²) in [5.41, 5.74) is 1.32. The minimum absolute atomic E-state index is 0.135. The van der Waals surface area contributed by atoms with E-state index >= 15 is 0 Å². The fraction of sp³-hybridized carbons (Fsp3) is 0.125. The van der Waals surface area contributed by atoms with Crippen molar-refractivity contribution in [3.63, 3.8) is 0 Å². The lowest BCUT2D eigenvalue weighted by Crippen LogP contribution is -2.00. The van der Waals surface area contributed by atoms with Crippen LogP contribution >= 0.6 is 11.3 Å². The molecule has 7 nitrogen and oxygen atoms in total. The number of rotatable bonds is 6. The van der Waals surface area contributed by atoms with E-state index in [9.17, 15) is 10.1 Å². The lowest BCUT2D eigenvalue weighted by molar-refractivity contribution is -0.386. The normalized spacial score (nSPS) is 10.4. The molecular formula is C16H13N3O4S. The van der Waals surface area contributed by atoms with Crippen molar-refractivity contribution in [3.8, 4) is 22.2 Å². The molecule has 0 spiro atoms. The Hall–Kier alpha value is -3.00. The van der Waals surface area contributed by atoms with Crippen LogP contribution in [-0.2, 0) is 6.61 Å². The highest BCUT2D eigenvalue weighted by Gasteiger charge is 2.17. The molecule has 8 heteroatoms. The molecule has 24 heavy (non-hydrogen) atoms. The van der Waals surface area contributed by atoms with Gasteiger partial charge in [0, 0.05) is 11.6 Å². The average molecular weight is 343 g/mol. The van der Waals surface area contributed by atoms with Gasteiger partial charge in [-0.05, 0) is 24.3 Å². The summed E-state index contributed by atoms with van der Waals surface area (Å²) >= 11 is 1.45. The van der Waals surface area contributed by atoms with E-state index in [2.05, 4.69) is 9.97 Å². The zero-order valence-corrected chi connectivity index (χ0v) is 13.5. The Morgan fingerprint density at radius 3 is 2.88 bits per heavy atom. The minimum atomic E-state index is -0.502. The molecule has 0 saturated heterocycles. The van der Waals surface area contributed by atoms with Gasteiger partial charge in [-0.25, -0.2) is 4.98 Å². The van der Waals surface area contributed by atoms with Crippen molar-refractivity contribution in [1.82, 2.24) is 9.97 Å². The quantitative estimate of drug-likeness (QED) is 0.501. The van der Waals surface area contributed by atoms with Crippen molar-refractivity contribution < 1.29 is 14.4 Å². The lowest BCUT2D eigenvalue weighted by Gasteiger charge is -2.06. The molecule has 0 saturated carbocycles. The second-order valence-electron chi connectivity index (χ2n) is 4.74. The van der Waals surface area contributed by atoms with Gasteiger partial charge in [0.1, 0.15) is 17.4 Å². The number of methoxy groups -OCH3 is 1. The fourth-order valence-electron chi connectivity index (χ4n) is 2.02. The van der Waals surface area contributed by atoms with Crippen LogP contribution in [0.25, 0.3) is 10.7 Å². The molecule has 1 aromatic carbocycles. The number of hydrogen-bond acceptors (Lipinski definition) is 7. The van der Waals surface area contributed by atoms with Crippen molar-refractivity contribution in [1.29, 1.82) is 0 Å². The third kappa shape index (κ3) is 3.49. The Kier molecular flexibility index (Phi) is 4.66. The Morgan fingerprint density at radius 2 is 2.17 bits per heavy atom. The molecule has 2 heterocycles. The molecule has 3 aromatic rings. The lowest BCUT2D eigenvalue weighted by atomic mass is 10.3. The number of hydrogen-bond donors (Lipinski definition) is 0. The first-order chi connectivity index (χ1) is 11.7. The van der Waals surface area contributed by atoms with Gasteiger partial charge < -0.3 is 9.47 Å². The summed E-state index contributed by atoms with van der Waals surface area (Å²) in [6.07, 6.45) is 1.70. The Bertz CT molecular complexity index is 852. The summed E-state index contributed by atoms with van der Waals surface area (Å²) in [4.78, 5) is 19.3. The second kappa shape index (κ2) is 7.05. The Labute approximate surface area is 141 Å². The van der Waals surface area contributed by atoms with Crippen molar-refractivity contribution in [2.45, 2.75) is 6.61 Å². The average Bonchev–Trinajstić information content (AvgIpc) is 3.09. The second-order valence-corrected chi connectivity index (χ2v) is 5.60. The molecule has 0 unspecified atom stereocenters. The van der Waals surface area contributed by atoms with Gasteiger partial charge >= 0.3 is 5.69 Å². The van der Waals surface area contributed by atoms with E-state index in [-0.39, 0.29) is 18.0 Å². The molecule has 0 atom stereocenters. The van der Waals surface area contributed by atoms with E-state index in [1.54, 1.807) is 12.3 Å². The number of thiazole rings is 1. The third-order valence-electron chi connectivity index (χ3n) is 3.17. The monoisotopic (exact) mass is 343 g/mol. The molecule has 0 amide bonds. The van der Waals surface area contributed by atoms with Gasteiger partial charge in [0.2, 0.25) is 0 Å². The summed E-state index contributed by atoms with van der Waals surface area (Å²) in [6.45, 7) is 0.135. The van der Waals surface area contributed by atoms with Crippen LogP contribution in [-0.4, -0.2) is 22.0 Å². The zero-order chi connectivity index (χ0) is 16.9. The standard InChI is InChI=1S/C16H13N3O4S/c1-22-12-5-6-15(14(8-12)19(20)21)23-9-11-10-24-16(18-11)13-4-2-3-7-17-13/h2-8,10H,9H2,1H3. The van der Waals surface area contributed by atoms with Crippen LogP contribution in [0.5, 0.6) is 11.5 Å². The number of aromatic nitrogens is 2.